The molecule has 0 amide bonds. The first-order valence-electron chi connectivity index (χ1n) is 6.62. The minimum atomic E-state index is 0.589. The maximum atomic E-state index is 5.82. The van der Waals surface area contributed by atoms with Gasteiger partial charge < -0.3 is 5.73 Å². The molecule has 0 radical (unpaired) electrons. The lowest BCUT2D eigenvalue weighted by Gasteiger charge is -2.09. The molecule has 0 aromatic heterocycles. The van der Waals surface area contributed by atoms with Crippen LogP contribution in [0.5, 0.6) is 0 Å². The highest BCUT2D eigenvalue weighted by atomic mass is 14.5. The highest BCUT2D eigenvalue weighted by molar-refractivity contribution is 5.88. The first-order chi connectivity index (χ1) is 9.38. The summed E-state index contributed by atoms with van der Waals surface area (Å²) in [6.45, 7) is 0.589. The van der Waals surface area contributed by atoms with Gasteiger partial charge in [0.1, 0.15) is 0 Å². The molecule has 1 heteroatoms. The molecule has 2 N–H and O–H groups in total. The van der Waals surface area contributed by atoms with Crippen molar-refractivity contribution in [2.24, 2.45) is 5.73 Å². The number of benzene rings is 3. The van der Waals surface area contributed by atoms with Gasteiger partial charge in [0.05, 0.1) is 0 Å². The molecule has 0 fully saturated rings. The molecule has 0 bridgehead atoms. The molecule has 3 aromatic carbocycles. The molecule has 0 aliphatic heterocycles. The van der Waals surface area contributed by atoms with Crippen molar-refractivity contribution in [3.05, 3.63) is 83.4 Å². The van der Waals surface area contributed by atoms with Crippen LogP contribution in [0, 0.1) is 0 Å². The quantitative estimate of drug-likeness (QED) is 0.746. The third-order valence-electron chi connectivity index (χ3n) is 3.56. The van der Waals surface area contributed by atoms with Crippen molar-refractivity contribution in [1.82, 2.24) is 0 Å². The normalized spacial score (nSPS) is 10.8. The molecule has 19 heavy (non-hydrogen) atoms. The molecule has 0 heterocycles. The number of fused-ring (bicyclic) bond motifs is 1. The Balaban J connectivity index is 2.09. The van der Waals surface area contributed by atoms with Gasteiger partial charge in [0.2, 0.25) is 0 Å². The van der Waals surface area contributed by atoms with Gasteiger partial charge in [-0.2, -0.15) is 0 Å². The molecule has 0 aliphatic rings. The molecular weight excluding hydrogens is 230 g/mol. The molecule has 0 aliphatic carbocycles. The fourth-order valence-corrected chi connectivity index (χ4v) is 2.59. The van der Waals surface area contributed by atoms with E-state index in [1.165, 1.54) is 27.5 Å². The number of hydrogen-bond acceptors (Lipinski definition) is 1. The third kappa shape index (κ3) is 2.38. The van der Waals surface area contributed by atoms with Crippen LogP contribution in [-0.2, 0) is 13.0 Å². The number of hydrogen-bond donors (Lipinski definition) is 1. The average molecular weight is 247 g/mol. The number of rotatable bonds is 3. The van der Waals surface area contributed by atoms with Crippen LogP contribution in [0.2, 0.25) is 0 Å². The van der Waals surface area contributed by atoms with Gasteiger partial charge in [-0.15, -0.1) is 0 Å². The fraction of sp³-hybridized carbons (Fsp3) is 0.111. The summed E-state index contributed by atoms with van der Waals surface area (Å²) in [6, 6.07) is 23.5. The van der Waals surface area contributed by atoms with Crippen molar-refractivity contribution in [1.29, 1.82) is 0 Å². The van der Waals surface area contributed by atoms with E-state index in [2.05, 4.69) is 66.7 Å². The molecule has 0 unspecified atom stereocenters. The second-order valence-corrected chi connectivity index (χ2v) is 4.80. The van der Waals surface area contributed by atoms with E-state index < -0.39 is 0 Å². The topological polar surface area (TPSA) is 26.0 Å². The molecule has 3 rings (SSSR count). The Morgan fingerprint density at radius 1 is 0.632 bits per heavy atom. The third-order valence-corrected chi connectivity index (χ3v) is 3.56. The first-order valence-corrected chi connectivity index (χ1v) is 6.62. The predicted molar refractivity (Wildman–Crippen MR) is 81.1 cm³/mol. The minimum absolute atomic E-state index is 0.589. The Hall–Kier alpha value is -2.12. The predicted octanol–water partition coefficient (Wildman–Crippen LogP) is 3.89. The van der Waals surface area contributed by atoms with Crippen LogP contribution < -0.4 is 5.73 Å². The Labute approximate surface area is 113 Å². The van der Waals surface area contributed by atoms with Crippen LogP contribution >= 0.6 is 0 Å². The Morgan fingerprint density at radius 3 is 1.95 bits per heavy atom. The summed E-state index contributed by atoms with van der Waals surface area (Å²) in [5, 5.41) is 2.59. The lowest BCUT2D eigenvalue weighted by molar-refractivity contribution is 1.09. The molecule has 3 aromatic rings. The van der Waals surface area contributed by atoms with E-state index in [-0.39, 0.29) is 0 Å². The van der Waals surface area contributed by atoms with E-state index in [1.54, 1.807) is 0 Å². The van der Waals surface area contributed by atoms with Gasteiger partial charge in [0.25, 0.3) is 0 Å². The minimum Gasteiger partial charge on any atom is -0.326 e. The van der Waals surface area contributed by atoms with Crippen LogP contribution in [0.4, 0.5) is 0 Å². The second-order valence-electron chi connectivity index (χ2n) is 4.80. The zero-order chi connectivity index (χ0) is 13.1. The summed E-state index contributed by atoms with van der Waals surface area (Å²) in [7, 11) is 0. The van der Waals surface area contributed by atoms with Crippen LogP contribution in [0.25, 0.3) is 10.8 Å². The summed E-state index contributed by atoms with van der Waals surface area (Å²) in [5.41, 5.74) is 9.73. The zero-order valence-corrected chi connectivity index (χ0v) is 10.8. The summed E-state index contributed by atoms with van der Waals surface area (Å²) >= 11 is 0. The van der Waals surface area contributed by atoms with E-state index in [4.69, 9.17) is 5.73 Å². The second kappa shape index (κ2) is 5.25. The van der Waals surface area contributed by atoms with E-state index in [0.717, 1.165) is 6.42 Å². The summed E-state index contributed by atoms with van der Waals surface area (Å²) in [6.07, 6.45) is 0.964. The van der Waals surface area contributed by atoms with E-state index in [0.29, 0.717) is 6.54 Å². The van der Waals surface area contributed by atoms with Gasteiger partial charge >= 0.3 is 0 Å². The molecule has 94 valence electrons. The van der Waals surface area contributed by atoms with E-state index in [1.807, 2.05) is 0 Å². The monoisotopic (exact) mass is 247 g/mol. The average Bonchev–Trinajstić information content (AvgIpc) is 2.48. The van der Waals surface area contributed by atoms with Crippen molar-refractivity contribution in [2.45, 2.75) is 13.0 Å². The van der Waals surface area contributed by atoms with Gasteiger partial charge in [-0.05, 0) is 33.9 Å². The maximum Gasteiger partial charge on any atom is 0.0184 e. The fourth-order valence-electron chi connectivity index (χ4n) is 2.59. The molecule has 1 nitrogen and oxygen atoms in total. The molecular formula is C18H17N. The van der Waals surface area contributed by atoms with Crippen LogP contribution in [0.3, 0.4) is 0 Å². The largest absolute Gasteiger partial charge is 0.326 e. The molecule has 0 spiro atoms. The Bertz CT molecular complexity index is 686. The summed E-state index contributed by atoms with van der Waals surface area (Å²) < 4.78 is 0. The highest BCUT2D eigenvalue weighted by Gasteiger charge is 2.04. The van der Waals surface area contributed by atoms with Crippen LogP contribution in [0.15, 0.2) is 66.7 Å². The smallest absolute Gasteiger partial charge is 0.0184 e. The SMILES string of the molecule is NCc1cccc2c(Cc3ccccc3)cccc12. The van der Waals surface area contributed by atoms with Gasteiger partial charge in [0.15, 0.2) is 0 Å². The van der Waals surface area contributed by atoms with Gasteiger partial charge in [-0.25, -0.2) is 0 Å². The van der Waals surface area contributed by atoms with Crippen molar-refractivity contribution in [2.75, 3.05) is 0 Å². The van der Waals surface area contributed by atoms with E-state index in [9.17, 15) is 0 Å². The first kappa shape index (κ1) is 11.9. The van der Waals surface area contributed by atoms with Crippen LogP contribution in [0.1, 0.15) is 16.7 Å². The standard InChI is InChI=1S/C18H17N/c19-13-16-9-5-10-17-15(8-4-11-18(16)17)12-14-6-2-1-3-7-14/h1-11H,12-13,19H2. The van der Waals surface area contributed by atoms with Crippen molar-refractivity contribution in [3.63, 3.8) is 0 Å². The van der Waals surface area contributed by atoms with Crippen molar-refractivity contribution >= 4 is 10.8 Å². The van der Waals surface area contributed by atoms with Gasteiger partial charge in [-0.3, -0.25) is 0 Å². The van der Waals surface area contributed by atoms with E-state index >= 15 is 0 Å². The van der Waals surface area contributed by atoms with Crippen LogP contribution in [-0.4, -0.2) is 0 Å². The molecule has 0 saturated heterocycles. The Kier molecular flexibility index (Phi) is 3.30. The summed E-state index contributed by atoms with van der Waals surface area (Å²) in [5.74, 6) is 0. The van der Waals surface area contributed by atoms with Gasteiger partial charge in [-0.1, -0.05) is 66.7 Å². The molecule has 0 atom stereocenters. The zero-order valence-electron chi connectivity index (χ0n) is 10.8. The summed E-state index contributed by atoms with van der Waals surface area (Å²) in [4.78, 5) is 0. The van der Waals surface area contributed by atoms with Gasteiger partial charge in [0, 0.05) is 6.54 Å². The lowest BCUT2D eigenvalue weighted by atomic mass is 9.96. The van der Waals surface area contributed by atoms with Crippen molar-refractivity contribution in [3.8, 4) is 0 Å². The molecule has 0 saturated carbocycles. The lowest BCUT2D eigenvalue weighted by Crippen LogP contribution is -1.98. The van der Waals surface area contributed by atoms with Crippen molar-refractivity contribution < 1.29 is 0 Å². The number of nitrogens with two attached hydrogens (primary N) is 1. The highest BCUT2D eigenvalue weighted by Crippen LogP contribution is 2.24. The maximum absolute atomic E-state index is 5.82. The Morgan fingerprint density at radius 2 is 1.26 bits per heavy atom.